The molecule has 0 saturated heterocycles. The molecule has 0 aromatic heterocycles. The van der Waals surface area contributed by atoms with E-state index in [1.807, 2.05) is 0 Å². The van der Waals surface area contributed by atoms with Gasteiger partial charge in [0.2, 0.25) is 0 Å². The van der Waals surface area contributed by atoms with Crippen LogP contribution < -0.4 is 0 Å². The average molecular weight is 228 g/mol. The fourth-order valence-electron chi connectivity index (χ4n) is 1.68. The Morgan fingerprint density at radius 2 is 1.31 bits per heavy atom. The molecule has 0 heteroatoms. The molecule has 1 unspecified atom stereocenters. The molecular weight excluding hydrogens is 192 g/mol. The first-order valence-electron chi connectivity index (χ1n) is 7.58. The number of hydrogen-bond acceptors (Lipinski definition) is 0. The minimum absolute atomic E-state index is 0.904. The van der Waals surface area contributed by atoms with E-state index in [1.54, 1.807) is 0 Å². The highest BCUT2D eigenvalue weighted by molar-refractivity contribution is 4.46. The maximum absolute atomic E-state index is 2.31. The maximum atomic E-state index is 2.31. The van der Waals surface area contributed by atoms with Gasteiger partial charge in [-0.25, -0.2) is 0 Å². The maximum Gasteiger partial charge on any atom is -0.0446 e. The summed E-state index contributed by atoms with van der Waals surface area (Å²) in [6.07, 6.45) is 11.2. The molecule has 1 atom stereocenters. The highest BCUT2D eigenvalue weighted by Gasteiger charge is 1.93. The highest BCUT2D eigenvalue weighted by Crippen LogP contribution is 2.08. The summed E-state index contributed by atoms with van der Waals surface area (Å²) in [5.74, 6) is 1.85. The van der Waals surface area contributed by atoms with Gasteiger partial charge in [0.05, 0.1) is 0 Å². The molecule has 0 heterocycles. The Hall–Kier alpha value is 0. The molecule has 0 spiro atoms. The summed E-state index contributed by atoms with van der Waals surface area (Å²) in [6.45, 7) is 13.7. The molecular formula is C16H36. The summed E-state index contributed by atoms with van der Waals surface area (Å²) in [5.41, 5.74) is 0. The van der Waals surface area contributed by atoms with Crippen molar-refractivity contribution in [3.8, 4) is 0 Å². The molecule has 0 aliphatic heterocycles. The van der Waals surface area contributed by atoms with E-state index in [0.29, 0.717) is 0 Å². The lowest BCUT2D eigenvalue weighted by atomic mass is 10.0. The average Bonchev–Trinajstić information content (AvgIpc) is 2.25. The quantitative estimate of drug-likeness (QED) is 0.419. The molecule has 0 rings (SSSR count). The van der Waals surface area contributed by atoms with Crippen LogP contribution >= 0.6 is 0 Å². The van der Waals surface area contributed by atoms with E-state index in [-0.39, 0.29) is 0 Å². The van der Waals surface area contributed by atoms with Crippen LogP contribution in [0.2, 0.25) is 0 Å². The minimum atomic E-state index is 0.904. The van der Waals surface area contributed by atoms with Crippen molar-refractivity contribution in [1.82, 2.24) is 0 Å². The molecule has 16 heavy (non-hydrogen) atoms. The van der Waals surface area contributed by atoms with Crippen LogP contribution in [0, 0.1) is 11.8 Å². The summed E-state index contributed by atoms with van der Waals surface area (Å²) >= 11 is 0. The van der Waals surface area contributed by atoms with Crippen molar-refractivity contribution in [3.63, 3.8) is 0 Å². The van der Waals surface area contributed by atoms with Crippen LogP contribution in [0.25, 0.3) is 0 Å². The van der Waals surface area contributed by atoms with Crippen molar-refractivity contribution in [2.75, 3.05) is 0 Å². The zero-order chi connectivity index (χ0) is 12.8. The van der Waals surface area contributed by atoms with Gasteiger partial charge < -0.3 is 0 Å². The predicted molar refractivity (Wildman–Crippen MR) is 78.0 cm³/mol. The van der Waals surface area contributed by atoms with E-state index in [4.69, 9.17) is 0 Å². The largest absolute Gasteiger partial charge is 0.0654 e. The molecule has 0 fully saturated rings. The smallest absolute Gasteiger partial charge is 0.0446 e. The third kappa shape index (κ3) is 19.6. The van der Waals surface area contributed by atoms with Gasteiger partial charge in [0.15, 0.2) is 0 Å². The first-order chi connectivity index (χ1) is 7.58. The summed E-state index contributed by atoms with van der Waals surface area (Å²) < 4.78 is 0. The second-order valence-corrected chi connectivity index (χ2v) is 5.55. The monoisotopic (exact) mass is 228 g/mol. The van der Waals surface area contributed by atoms with Crippen molar-refractivity contribution in [2.24, 2.45) is 11.8 Å². The van der Waals surface area contributed by atoms with Crippen LogP contribution in [-0.2, 0) is 0 Å². The van der Waals surface area contributed by atoms with Gasteiger partial charge in [-0.2, -0.15) is 0 Å². The molecule has 0 N–H and O–H groups in total. The summed E-state index contributed by atoms with van der Waals surface area (Å²) in [7, 11) is 0. The third-order valence-corrected chi connectivity index (χ3v) is 3.11. The van der Waals surface area contributed by atoms with Crippen LogP contribution in [0.4, 0.5) is 0 Å². The Balaban J connectivity index is 0. The molecule has 0 aliphatic rings. The molecule has 0 amide bonds. The van der Waals surface area contributed by atoms with Crippen LogP contribution in [0.15, 0.2) is 0 Å². The van der Waals surface area contributed by atoms with Gasteiger partial charge in [-0.05, 0) is 11.8 Å². The first kappa shape index (κ1) is 18.4. The van der Waals surface area contributed by atoms with Crippen LogP contribution in [0.1, 0.15) is 92.9 Å². The van der Waals surface area contributed by atoms with E-state index in [2.05, 4.69) is 41.5 Å². The number of unbranched alkanes of at least 4 members (excludes halogenated alkanes) is 3. The first-order valence-corrected chi connectivity index (χ1v) is 7.58. The summed E-state index contributed by atoms with van der Waals surface area (Å²) in [6, 6.07) is 0. The number of hydrogen-bond donors (Lipinski definition) is 0. The van der Waals surface area contributed by atoms with E-state index in [9.17, 15) is 0 Å². The lowest BCUT2D eigenvalue weighted by Gasteiger charge is -2.02. The predicted octanol–water partition coefficient (Wildman–Crippen LogP) is 6.45. The Kier molecular flexibility index (Phi) is 17.2. The summed E-state index contributed by atoms with van der Waals surface area (Å²) in [5, 5.41) is 0. The van der Waals surface area contributed by atoms with Gasteiger partial charge in [-0.3, -0.25) is 0 Å². The van der Waals surface area contributed by atoms with Crippen LogP contribution in [0.3, 0.4) is 0 Å². The van der Waals surface area contributed by atoms with Crippen molar-refractivity contribution >= 4 is 0 Å². The van der Waals surface area contributed by atoms with E-state index in [1.165, 1.54) is 51.4 Å². The summed E-state index contributed by atoms with van der Waals surface area (Å²) in [4.78, 5) is 0. The fourth-order valence-corrected chi connectivity index (χ4v) is 1.68. The Bertz CT molecular complexity index is 105. The lowest BCUT2D eigenvalue weighted by Crippen LogP contribution is -1.88. The van der Waals surface area contributed by atoms with E-state index < -0.39 is 0 Å². The molecule has 0 aromatic carbocycles. The standard InChI is InChI=1S/C9H20.C7H16/c1-4-5-6-7-8-9(2)3;1-4-6-7(3)5-2/h9H,4-8H2,1-3H3;7H,4-6H2,1-3H3. The third-order valence-electron chi connectivity index (χ3n) is 3.11. The van der Waals surface area contributed by atoms with Gasteiger partial charge in [0.25, 0.3) is 0 Å². The SMILES string of the molecule is CCCC(C)CC.CCCCCCC(C)C. The highest BCUT2D eigenvalue weighted by atomic mass is 14.0. The van der Waals surface area contributed by atoms with Crippen molar-refractivity contribution < 1.29 is 0 Å². The lowest BCUT2D eigenvalue weighted by molar-refractivity contribution is 0.509. The molecule has 100 valence electrons. The second kappa shape index (κ2) is 15.0. The Labute approximate surface area is 105 Å². The Morgan fingerprint density at radius 3 is 1.62 bits per heavy atom. The Morgan fingerprint density at radius 1 is 0.688 bits per heavy atom. The van der Waals surface area contributed by atoms with Gasteiger partial charge in [0, 0.05) is 0 Å². The normalized spacial score (nSPS) is 12.2. The molecule has 0 aliphatic carbocycles. The van der Waals surface area contributed by atoms with E-state index in [0.717, 1.165) is 11.8 Å². The fraction of sp³-hybridized carbons (Fsp3) is 1.00. The van der Waals surface area contributed by atoms with Gasteiger partial charge >= 0.3 is 0 Å². The molecule has 0 saturated carbocycles. The van der Waals surface area contributed by atoms with Crippen molar-refractivity contribution in [1.29, 1.82) is 0 Å². The van der Waals surface area contributed by atoms with Crippen LogP contribution in [0.5, 0.6) is 0 Å². The van der Waals surface area contributed by atoms with Gasteiger partial charge in [-0.15, -0.1) is 0 Å². The second-order valence-electron chi connectivity index (χ2n) is 5.55. The molecule has 0 bridgehead atoms. The topological polar surface area (TPSA) is 0 Å². The van der Waals surface area contributed by atoms with Crippen molar-refractivity contribution in [2.45, 2.75) is 92.9 Å². The molecule has 0 radical (unpaired) electrons. The van der Waals surface area contributed by atoms with Gasteiger partial charge in [-0.1, -0.05) is 92.9 Å². The van der Waals surface area contributed by atoms with E-state index >= 15 is 0 Å². The van der Waals surface area contributed by atoms with Gasteiger partial charge in [0.1, 0.15) is 0 Å². The van der Waals surface area contributed by atoms with Crippen molar-refractivity contribution in [3.05, 3.63) is 0 Å². The molecule has 0 nitrogen and oxygen atoms in total. The minimum Gasteiger partial charge on any atom is -0.0654 e. The number of rotatable bonds is 8. The zero-order valence-electron chi connectivity index (χ0n) is 12.8. The zero-order valence-corrected chi connectivity index (χ0v) is 12.8. The van der Waals surface area contributed by atoms with Crippen LogP contribution in [-0.4, -0.2) is 0 Å². The molecule has 0 aromatic rings.